The van der Waals surface area contributed by atoms with Crippen molar-refractivity contribution in [3.8, 4) is 0 Å². The molecule has 1 heterocycles. The predicted octanol–water partition coefficient (Wildman–Crippen LogP) is 1.71. The molecule has 4 saturated carbocycles. The summed E-state index contributed by atoms with van der Waals surface area (Å²) in [6.07, 6.45) is 11.1. The van der Waals surface area contributed by atoms with Crippen LogP contribution in [0.2, 0.25) is 0 Å². The Balaban J connectivity index is 0.000000902. The third-order valence-electron chi connectivity index (χ3n) is 4.98. The molecule has 17 heavy (non-hydrogen) atoms. The molecule has 4 fully saturated rings. The van der Waals surface area contributed by atoms with E-state index in [1.54, 1.807) is 6.33 Å². The van der Waals surface area contributed by atoms with Crippen LogP contribution in [0.15, 0.2) is 12.7 Å². The van der Waals surface area contributed by atoms with Gasteiger partial charge < -0.3 is 5.73 Å². The fourth-order valence-electron chi connectivity index (χ4n) is 5.01. The van der Waals surface area contributed by atoms with Crippen molar-refractivity contribution in [2.75, 3.05) is 0 Å². The van der Waals surface area contributed by atoms with Crippen LogP contribution < -0.4 is 5.73 Å². The summed E-state index contributed by atoms with van der Waals surface area (Å²) in [7, 11) is 0. The zero-order valence-corrected chi connectivity index (χ0v) is 10.7. The molecular formula is C12H19ClN4. The van der Waals surface area contributed by atoms with Gasteiger partial charge in [-0.15, -0.1) is 12.4 Å². The Hall–Kier alpha value is -0.610. The average Bonchev–Trinajstić information content (AvgIpc) is 2.65. The van der Waals surface area contributed by atoms with E-state index in [0.29, 0.717) is 0 Å². The normalized spacial score (nSPS) is 46.9. The monoisotopic (exact) mass is 254 g/mol. The highest BCUT2D eigenvalue weighted by Crippen LogP contribution is 2.59. The first-order valence-corrected chi connectivity index (χ1v) is 6.32. The molecule has 0 radical (unpaired) electrons. The topological polar surface area (TPSA) is 56.7 Å². The standard InChI is InChI=1S/C12H18N4.ClH/c13-11-2-9-1-10(3-11)5-12(4-9,6-11)16-8-14-7-15-16;/h7-10H,1-6,13H2;1H. The van der Waals surface area contributed by atoms with E-state index in [0.717, 1.165) is 18.3 Å². The van der Waals surface area contributed by atoms with Crippen molar-refractivity contribution in [3.63, 3.8) is 0 Å². The van der Waals surface area contributed by atoms with Gasteiger partial charge in [-0.3, -0.25) is 0 Å². The smallest absolute Gasteiger partial charge is 0.137 e. The quantitative estimate of drug-likeness (QED) is 0.830. The number of nitrogens with two attached hydrogens (primary N) is 1. The van der Waals surface area contributed by atoms with E-state index in [1.807, 2.05) is 6.33 Å². The maximum Gasteiger partial charge on any atom is 0.137 e. The Morgan fingerprint density at radius 3 is 2.41 bits per heavy atom. The summed E-state index contributed by atoms with van der Waals surface area (Å²) < 4.78 is 2.10. The first kappa shape index (κ1) is 11.5. The predicted molar refractivity (Wildman–Crippen MR) is 66.8 cm³/mol. The Morgan fingerprint density at radius 2 is 1.88 bits per heavy atom. The molecule has 1 aromatic heterocycles. The van der Waals surface area contributed by atoms with Gasteiger partial charge in [0, 0.05) is 5.54 Å². The molecule has 0 saturated heterocycles. The van der Waals surface area contributed by atoms with E-state index in [4.69, 9.17) is 5.73 Å². The lowest BCUT2D eigenvalue weighted by Gasteiger charge is -2.60. The van der Waals surface area contributed by atoms with Crippen molar-refractivity contribution in [3.05, 3.63) is 12.7 Å². The third kappa shape index (κ3) is 1.54. The lowest BCUT2D eigenvalue weighted by molar-refractivity contribution is -0.0636. The molecule has 4 bridgehead atoms. The number of aromatic nitrogens is 3. The second-order valence-corrected chi connectivity index (χ2v) is 6.39. The molecule has 5 heteroatoms. The van der Waals surface area contributed by atoms with Crippen molar-refractivity contribution < 1.29 is 0 Å². The molecule has 2 atom stereocenters. The molecule has 1 aromatic rings. The van der Waals surface area contributed by atoms with Crippen LogP contribution in [-0.2, 0) is 5.54 Å². The molecule has 2 N–H and O–H groups in total. The lowest BCUT2D eigenvalue weighted by Crippen LogP contribution is -2.63. The van der Waals surface area contributed by atoms with Gasteiger partial charge in [0.1, 0.15) is 12.7 Å². The first-order valence-electron chi connectivity index (χ1n) is 6.32. The average molecular weight is 255 g/mol. The zero-order chi connectivity index (χ0) is 10.8. The fourth-order valence-corrected chi connectivity index (χ4v) is 5.01. The first-order chi connectivity index (χ1) is 7.68. The van der Waals surface area contributed by atoms with Gasteiger partial charge >= 0.3 is 0 Å². The summed E-state index contributed by atoms with van der Waals surface area (Å²) in [6, 6.07) is 0. The summed E-state index contributed by atoms with van der Waals surface area (Å²) in [5.74, 6) is 1.66. The molecular weight excluding hydrogens is 236 g/mol. The fraction of sp³-hybridized carbons (Fsp3) is 0.833. The highest BCUT2D eigenvalue weighted by Gasteiger charge is 2.57. The van der Waals surface area contributed by atoms with Gasteiger partial charge in [0.2, 0.25) is 0 Å². The van der Waals surface area contributed by atoms with Gasteiger partial charge in [-0.1, -0.05) is 0 Å². The second-order valence-electron chi connectivity index (χ2n) is 6.39. The second kappa shape index (κ2) is 3.45. The van der Waals surface area contributed by atoms with E-state index in [1.165, 1.54) is 32.1 Å². The van der Waals surface area contributed by atoms with E-state index < -0.39 is 0 Å². The maximum atomic E-state index is 6.55. The van der Waals surface area contributed by atoms with Crippen molar-refractivity contribution in [1.82, 2.24) is 14.8 Å². The van der Waals surface area contributed by atoms with Gasteiger partial charge in [-0.05, 0) is 50.4 Å². The summed E-state index contributed by atoms with van der Waals surface area (Å²) in [4.78, 5) is 4.11. The van der Waals surface area contributed by atoms with Crippen LogP contribution in [0.4, 0.5) is 0 Å². The van der Waals surface area contributed by atoms with E-state index in [-0.39, 0.29) is 23.5 Å². The van der Waals surface area contributed by atoms with Gasteiger partial charge in [0.15, 0.2) is 0 Å². The molecule has 4 nitrogen and oxygen atoms in total. The minimum absolute atomic E-state index is 0. The van der Waals surface area contributed by atoms with Crippen molar-refractivity contribution in [2.45, 2.75) is 49.6 Å². The van der Waals surface area contributed by atoms with Crippen LogP contribution in [0.5, 0.6) is 0 Å². The number of hydrogen-bond donors (Lipinski definition) is 1. The van der Waals surface area contributed by atoms with Gasteiger partial charge in [-0.25, -0.2) is 9.67 Å². The molecule has 2 unspecified atom stereocenters. The Bertz CT molecular complexity index is 402. The van der Waals surface area contributed by atoms with Crippen molar-refractivity contribution >= 4 is 12.4 Å². The minimum Gasteiger partial charge on any atom is -0.325 e. The van der Waals surface area contributed by atoms with Crippen LogP contribution in [0.25, 0.3) is 0 Å². The SMILES string of the molecule is Cl.NC12CC3CC(C1)CC(n1cncn1)(C3)C2. The Labute approximate surface area is 107 Å². The zero-order valence-electron chi connectivity index (χ0n) is 9.88. The van der Waals surface area contributed by atoms with Crippen LogP contribution in [0.3, 0.4) is 0 Å². The molecule has 0 amide bonds. The molecule has 0 aliphatic heterocycles. The molecule has 0 spiro atoms. The highest BCUT2D eigenvalue weighted by atomic mass is 35.5. The third-order valence-corrected chi connectivity index (χ3v) is 4.98. The van der Waals surface area contributed by atoms with Crippen molar-refractivity contribution in [1.29, 1.82) is 0 Å². The van der Waals surface area contributed by atoms with Crippen LogP contribution in [0.1, 0.15) is 38.5 Å². The summed E-state index contributed by atoms with van der Waals surface area (Å²) in [5.41, 5.74) is 6.85. The Morgan fingerprint density at radius 1 is 1.18 bits per heavy atom. The van der Waals surface area contributed by atoms with Crippen LogP contribution >= 0.6 is 12.4 Å². The number of rotatable bonds is 1. The summed E-state index contributed by atoms with van der Waals surface area (Å²) in [6.45, 7) is 0. The molecule has 4 aliphatic carbocycles. The van der Waals surface area contributed by atoms with E-state index in [2.05, 4.69) is 14.8 Å². The summed E-state index contributed by atoms with van der Waals surface area (Å²) >= 11 is 0. The maximum absolute atomic E-state index is 6.55. The minimum atomic E-state index is 0. The highest BCUT2D eigenvalue weighted by molar-refractivity contribution is 5.85. The van der Waals surface area contributed by atoms with Crippen molar-refractivity contribution in [2.24, 2.45) is 17.6 Å². The Kier molecular flexibility index (Phi) is 2.33. The van der Waals surface area contributed by atoms with Gasteiger partial charge in [0.25, 0.3) is 0 Å². The lowest BCUT2D eigenvalue weighted by atomic mass is 9.50. The van der Waals surface area contributed by atoms with Crippen LogP contribution in [-0.4, -0.2) is 20.3 Å². The largest absolute Gasteiger partial charge is 0.325 e. The van der Waals surface area contributed by atoms with E-state index >= 15 is 0 Å². The summed E-state index contributed by atoms with van der Waals surface area (Å²) in [5, 5.41) is 4.39. The van der Waals surface area contributed by atoms with Gasteiger partial charge in [0.05, 0.1) is 5.54 Å². The van der Waals surface area contributed by atoms with Gasteiger partial charge in [-0.2, -0.15) is 5.10 Å². The molecule has 0 aromatic carbocycles. The van der Waals surface area contributed by atoms with E-state index in [9.17, 15) is 0 Å². The van der Waals surface area contributed by atoms with Crippen LogP contribution in [0, 0.1) is 11.8 Å². The number of nitrogens with zero attached hydrogens (tertiary/aromatic N) is 3. The molecule has 5 rings (SSSR count). The molecule has 4 aliphatic rings. The number of halogens is 1. The number of hydrogen-bond acceptors (Lipinski definition) is 3. The molecule has 94 valence electrons.